The number of likely N-dealkylation sites (tertiary alicyclic amines) is 1. The van der Waals surface area contributed by atoms with Gasteiger partial charge in [0.25, 0.3) is 0 Å². The normalized spacial score (nSPS) is 20.1. The molecule has 1 amide bonds. The quantitative estimate of drug-likeness (QED) is 0.767. The Morgan fingerprint density at radius 2 is 2.06 bits per heavy atom. The van der Waals surface area contributed by atoms with Gasteiger partial charge in [0.1, 0.15) is 0 Å². The summed E-state index contributed by atoms with van der Waals surface area (Å²) in [5.41, 5.74) is 13.1. The Balaban J connectivity index is 1.78. The molecule has 1 aliphatic rings. The van der Waals surface area contributed by atoms with E-state index >= 15 is 0 Å². The lowest BCUT2D eigenvalue weighted by Crippen LogP contribution is -2.40. The second kappa shape index (κ2) is 5.87. The van der Waals surface area contributed by atoms with Gasteiger partial charge >= 0.3 is 0 Å². The molecular formula is C14H21N3O. The standard InChI is InChI=1S/C14H21N3O/c15-12-7-5-11(6-8-12)3-1-9-17-10-2-4-13(17)14(16)18/h5-8,13H,1-4,9-10,15H2,(H2,16,18). The van der Waals surface area contributed by atoms with Gasteiger partial charge in [-0.15, -0.1) is 0 Å². The van der Waals surface area contributed by atoms with E-state index < -0.39 is 0 Å². The molecule has 0 saturated carbocycles. The number of nitrogen functional groups attached to an aromatic ring is 1. The topological polar surface area (TPSA) is 72.4 Å². The zero-order chi connectivity index (χ0) is 13.0. The monoisotopic (exact) mass is 247 g/mol. The minimum Gasteiger partial charge on any atom is -0.399 e. The Morgan fingerprint density at radius 3 is 2.72 bits per heavy atom. The van der Waals surface area contributed by atoms with E-state index in [0.717, 1.165) is 44.5 Å². The van der Waals surface area contributed by atoms with Gasteiger partial charge < -0.3 is 11.5 Å². The number of nitrogens with two attached hydrogens (primary N) is 2. The number of aryl methyl sites for hydroxylation is 1. The van der Waals surface area contributed by atoms with E-state index in [-0.39, 0.29) is 11.9 Å². The lowest BCUT2D eigenvalue weighted by molar-refractivity contribution is -0.122. The first-order chi connectivity index (χ1) is 8.66. The number of nitrogens with zero attached hydrogens (tertiary/aromatic N) is 1. The van der Waals surface area contributed by atoms with Crippen molar-refractivity contribution in [3.8, 4) is 0 Å². The van der Waals surface area contributed by atoms with Gasteiger partial charge in [-0.1, -0.05) is 12.1 Å². The molecule has 1 unspecified atom stereocenters. The van der Waals surface area contributed by atoms with Gasteiger partial charge in [-0.3, -0.25) is 9.69 Å². The smallest absolute Gasteiger partial charge is 0.234 e. The summed E-state index contributed by atoms with van der Waals surface area (Å²) < 4.78 is 0. The lowest BCUT2D eigenvalue weighted by atomic mass is 10.1. The van der Waals surface area contributed by atoms with Crippen LogP contribution in [0.25, 0.3) is 0 Å². The highest BCUT2D eigenvalue weighted by atomic mass is 16.1. The molecule has 0 bridgehead atoms. The molecule has 4 nitrogen and oxygen atoms in total. The van der Waals surface area contributed by atoms with E-state index in [4.69, 9.17) is 11.5 Å². The van der Waals surface area contributed by atoms with Crippen molar-refractivity contribution in [1.82, 2.24) is 4.90 Å². The number of primary amides is 1. The third-order valence-electron chi connectivity index (χ3n) is 3.58. The highest BCUT2D eigenvalue weighted by molar-refractivity contribution is 5.80. The van der Waals surface area contributed by atoms with Crippen LogP contribution in [0.4, 0.5) is 5.69 Å². The van der Waals surface area contributed by atoms with Crippen LogP contribution < -0.4 is 11.5 Å². The zero-order valence-corrected chi connectivity index (χ0v) is 10.6. The first kappa shape index (κ1) is 12.9. The lowest BCUT2D eigenvalue weighted by Gasteiger charge is -2.21. The van der Waals surface area contributed by atoms with Crippen molar-refractivity contribution in [2.45, 2.75) is 31.7 Å². The maximum Gasteiger partial charge on any atom is 0.234 e. The predicted octanol–water partition coefficient (Wildman–Crippen LogP) is 1.15. The van der Waals surface area contributed by atoms with Crippen molar-refractivity contribution in [1.29, 1.82) is 0 Å². The molecule has 1 aromatic carbocycles. The van der Waals surface area contributed by atoms with Gasteiger partial charge in [0.15, 0.2) is 0 Å². The van der Waals surface area contributed by atoms with Crippen molar-refractivity contribution < 1.29 is 4.79 Å². The van der Waals surface area contributed by atoms with Gasteiger partial charge in [0, 0.05) is 5.69 Å². The summed E-state index contributed by atoms with van der Waals surface area (Å²) in [6, 6.07) is 7.93. The fraction of sp³-hybridized carbons (Fsp3) is 0.500. The van der Waals surface area contributed by atoms with E-state index in [2.05, 4.69) is 17.0 Å². The fourth-order valence-corrected chi connectivity index (χ4v) is 2.59. The second-order valence-corrected chi connectivity index (χ2v) is 4.94. The largest absolute Gasteiger partial charge is 0.399 e. The maximum absolute atomic E-state index is 11.2. The molecule has 1 atom stereocenters. The van der Waals surface area contributed by atoms with E-state index in [1.807, 2.05) is 12.1 Å². The summed E-state index contributed by atoms with van der Waals surface area (Å²) in [6.45, 7) is 1.94. The number of carbonyl (C=O) groups is 1. The van der Waals surface area contributed by atoms with Gasteiger partial charge in [-0.2, -0.15) is 0 Å². The van der Waals surface area contributed by atoms with Gasteiger partial charge in [0.05, 0.1) is 6.04 Å². The molecule has 0 spiro atoms. The van der Waals surface area contributed by atoms with E-state index in [0.29, 0.717) is 0 Å². The molecule has 1 fully saturated rings. The summed E-state index contributed by atoms with van der Waals surface area (Å²) >= 11 is 0. The number of amides is 1. The molecule has 2 rings (SSSR count). The third kappa shape index (κ3) is 3.23. The zero-order valence-electron chi connectivity index (χ0n) is 10.6. The average molecular weight is 247 g/mol. The molecule has 1 aromatic rings. The molecule has 0 aromatic heterocycles. The van der Waals surface area contributed by atoms with Crippen molar-refractivity contribution >= 4 is 11.6 Å². The number of hydrogen-bond donors (Lipinski definition) is 2. The minimum atomic E-state index is -0.181. The van der Waals surface area contributed by atoms with Crippen molar-refractivity contribution in [3.05, 3.63) is 29.8 Å². The van der Waals surface area contributed by atoms with Crippen molar-refractivity contribution in [2.24, 2.45) is 5.73 Å². The molecule has 0 radical (unpaired) electrons. The summed E-state index contributed by atoms with van der Waals surface area (Å²) in [5, 5.41) is 0. The first-order valence-corrected chi connectivity index (χ1v) is 6.54. The van der Waals surface area contributed by atoms with Crippen LogP contribution in [-0.4, -0.2) is 29.9 Å². The molecule has 1 aliphatic heterocycles. The molecule has 0 aliphatic carbocycles. The summed E-state index contributed by atoms with van der Waals surface area (Å²) in [4.78, 5) is 13.5. The van der Waals surface area contributed by atoms with Crippen molar-refractivity contribution in [3.63, 3.8) is 0 Å². The van der Waals surface area contributed by atoms with Crippen LogP contribution >= 0.6 is 0 Å². The predicted molar refractivity (Wildman–Crippen MR) is 73.0 cm³/mol. The molecule has 1 heterocycles. The van der Waals surface area contributed by atoms with Crippen LogP contribution in [0.5, 0.6) is 0 Å². The van der Waals surface area contributed by atoms with Gasteiger partial charge in [-0.25, -0.2) is 0 Å². The SMILES string of the molecule is NC(=O)C1CCCN1CCCc1ccc(N)cc1. The van der Waals surface area contributed by atoms with Crippen molar-refractivity contribution in [2.75, 3.05) is 18.8 Å². The van der Waals surface area contributed by atoms with Gasteiger partial charge in [-0.05, 0) is 56.5 Å². The fourth-order valence-electron chi connectivity index (χ4n) is 2.59. The number of rotatable bonds is 5. The summed E-state index contributed by atoms with van der Waals surface area (Å²) in [6.07, 6.45) is 4.06. The van der Waals surface area contributed by atoms with Gasteiger partial charge in [0.2, 0.25) is 5.91 Å². The molecule has 98 valence electrons. The molecule has 4 N–H and O–H groups in total. The molecule has 18 heavy (non-hydrogen) atoms. The molecule has 1 saturated heterocycles. The Labute approximate surface area is 108 Å². The Hall–Kier alpha value is -1.55. The first-order valence-electron chi connectivity index (χ1n) is 6.54. The van der Waals surface area contributed by atoms with Crippen LogP contribution in [0.2, 0.25) is 0 Å². The minimum absolute atomic E-state index is 0.0450. The van der Waals surface area contributed by atoms with E-state index in [1.54, 1.807) is 0 Å². The second-order valence-electron chi connectivity index (χ2n) is 4.94. The molecular weight excluding hydrogens is 226 g/mol. The van der Waals surface area contributed by atoms with Crippen LogP contribution in [-0.2, 0) is 11.2 Å². The Morgan fingerprint density at radius 1 is 1.33 bits per heavy atom. The molecule has 4 heteroatoms. The third-order valence-corrected chi connectivity index (χ3v) is 3.58. The van der Waals surface area contributed by atoms with Crippen LogP contribution in [0.1, 0.15) is 24.8 Å². The summed E-state index contributed by atoms with van der Waals surface area (Å²) in [5.74, 6) is -0.181. The maximum atomic E-state index is 11.2. The van der Waals surface area contributed by atoms with Crippen LogP contribution in [0, 0.1) is 0 Å². The number of anilines is 1. The number of benzene rings is 1. The Kier molecular flexibility index (Phi) is 4.20. The van der Waals surface area contributed by atoms with E-state index in [9.17, 15) is 4.79 Å². The van der Waals surface area contributed by atoms with Crippen LogP contribution in [0.3, 0.4) is 0 Å². The van der Waals surface area contributed by atoms with E-state index in [1.165, 1.54) is 5.56 Å². The number of hydrogen-bond acceptors (Lipinski definition) is 3. The number of carbonyl (C=O) groups excluding carboxylic acids is 1. The van der Waals surface area contributed by atoms with Crippen LogP contribution in [0.15, 0.2) is 24.3 Å². The highest BCUT2D eigenvalue weighted by Crippen LogP contribution is 2.17. The average Bonchev–Trinajstić information content (AvgIpc) is 2.80. The summed E-state index contributed by atoms with van der Waals surface area (Å²) in [7, 11) is 0. The Bertz CT molecular complexity index is 402. The highest BCUT2D eigenvalue weighted by Gasteiger charge is 2.27.